The number of ether oxygens (including phenoxy) is 1. The molecule has 0 saturated heterocycles. The zero-order chi connectivity index (χ0) is 16.7. The first-order chi connectivity index (χ1) is 11.7. The van der Waals surface area contributed by atoms with Crippen molar-refractivity contribution in [3.05, 3.63) is 71.4 Å². The summed E-state index contributed by atoms with van der Waals surface area (Å²) in [6.07, 6.45) is 4.46. The summed E-state index contributed by atoms with van der Waals surface area (Å²) in [4.78, 5) is 4.67. The first-order valence-corrected chi connectivity index (χ1v) is 8.47. The van der Waals surface area contributed by atoms with Crippen molar-refractivity contribution in [2.75, 3.05) is 7.11 Å². The fourth-order valence-corrected chi connectivity index (χ4v) is 3.34. The van der Waals surface area contributed by atoms with Crippen LogP contribution in [-0.2, 0) is 4.74 Å². The second-order valence-electron chi connectivity index (χ2n) is 6.24. The Morgan fingerprint density at radius 1 is 1.21 bits per heavy atom. The largest absolute Gasteiger partial charge is 0.497 e. The van der Waals surface area contributed by atoms with Gasteiger partial charge < -0.3 is 4.74 Å². The Hall–Kier alpha value is -2.32. The quantitative estimate of drug-likeness (QED) is 0.541. The molecule has 120 valence electrons. The van der Waals surface area contributed by atoms with Crippen molar-refractivity contribution in [3.8, 4) is 11.3 Å². The van der Waals surface area contributed by atoms with Crippen molar-refractivity contribution in [2.45, 2.75) is 18.8 Å². The van der Waals surface area contributed by atoms with Gasteiger partial charge in [0.15, 0.2) is 0 Å². The third-order valence-corrected chi connectivity index (χ3v) is 4.90. The minimum absolute atomic E-state index is 0.646. The van der Waals surface area contributed by atoms with Crippen molar-refractivity contribution in [3.63, 3.8) is 0 Å². The molecule has 1 aliphatic rings. The number of halogens is 1. The third-order valence-electron chi connectivity index (χ3n) is 4.62. The Bertz CT molecular complexity index is 944. The number of nitrogens with zero attached hydrogens (tertiary/aromatic N) is 1. The van der Waals surface area contributed by atoms with E-state index in [0.717, 1.165) is 27.6 Å². The summed E-state index contributed by atoms with van der Waals surface area (Å²) in [6, 6.07) is 14.4. The number of fused-ring (bicyclic) bond motifs is 1. The highest BCUT2D eigenvalue weighted by atomic mass is 35.5. The van der Waals surface area contributed by atoms with Crippen molar-refractivity contribution in [2.24, 2.45) is 0 Å². The molecule has 0 atom stereocenters. The van der Waals surface area contributed by atoms with Crippen LogP contribution in [0.15, 0.2) is 55.2 Å². The lowest BCUT2D eigenvalue weighted by molar-refractivity contribution is 0.371. The van der Waals surface area contributed by atoms with E-state index in [9.17, 15) is 0 Å². The van der Waals surface area contributed by atoms with Crippen molar-refractivity contribution >= 4 is 28.1 Å². The minimum Gasteiger partial charge on any atom is -0.497 e. The highest BCUT2D eigenvalue weighted by molar-refractivity contribution is 6.33. The molecule has 1 fully saturated rings. The van der Waals surface area contributed by atoms with Gasteiger partial charge in [0.1, 0.15) is 5.76 Å². The van der Waals surface area contributed by atoms with Crippen LogP contribution in [0.5, 0.6) is 0 Å². The molecule has 0 spiro atoms. The summed E-state index contributed by atoms with van der Waals surface area (Å²) >= 11 is 6.56. The zero-order valence-corrected chi connectivity index (χ0v) is 14.3. The number of hydrogen-bond donors (Lipinski definition) is 0. The number of aromatic nitrogens is 1. The summed E-state index contributed by atoms with van der Waals surface area (Å²) < 4.78 is 5.27. The fourth-order valence-electron chi connectivity index (χ4n) is 3.06. The molecule has 2 aromatic carbocycles. The van der Waals surface area contributed by atoms with E-state index in [0.29, 0.717) is 16.7 Å². The van der Waals surface area contributed by atoms with Gasteiger partial charge in [-0.25, -0.2) is 0 Å². The average molecular weight is 336 g/mol. The van der Waals surface area contributed by atoms with E-state index in [1.54, 1.807) is 7.11 Å². The van der Waals surface area contributed by atoms with Gasteiger partial charge in [-0.05, 0) is 47.2 Å². The molecule has 1 heterocycles. The van der Waals surface area contributed by atoms with Crippen LogP contribution in [0.4, 0.5) is 0 Å². The molecule has 4 rings (SSSR count). The van der Waals surface area contributed by atoms with Gasteiger partial charge in [-0.15, -0.1) is 0 Å². The number of rotatable bonds is 4. The maximum Gasteiger partial charge on any atom is 0.118 e. The molecule has 0 N–H and O–H groups in total. The van der Waals surface area contributed by atoms with Gasteiger partial charge in [0.05, 0.1) is 17.8 Å². The molecule has 0 aliphatic heterocycles. The topological polar surface area (TPSA) is 22.1 Å². The van der Waals surface area contributed by atoms with E-state index < -0.39 is 0 Å². The van der Waals surface area contributed by atoms with Gasteiger partial charge in [0.25, 0.3) is 0 Å². The lowest BCUT2D eigenvalue weighted by Crippen LogP contribution is -1.91. The summed E-state index contributed by atoms with van der Waals surface area (Å²) in [6.45, 7) is 3.94. The standard InChI is InChI=1S/C21H18ClNO/c1-13(24-2)16-9-8-15-4-3-5-18(19(15)10-16)21-20(22)11-17(12-23-21)14-6-7-14/h3-5,8-12,14H,1,6-7H2,2H3. The van der Waals surface area contributed by atoms with Crippen molar-refractivity contribution in [1.29, 1.82) is 0 Å². The van der Waals surface area contributed by atoms with E-state index in [4.69, 9.17) is 16.3 Å². The minimum atomic E-state index is 0.646. The monoisotopic (exact) mass is 335 g/mol. The molecule has 0 unspecified atom stereocenters. The Morgan fingerprint density at radius 3 is 2.75 bits per heavy atom. The Labute approximate surface area is 146 Å². The third kappa shape index (κ3) is 2.67. The highest BCUT2D eigenvalue weighted by Gasteiger charge is 2.24. The highest BCUT2D eigenvalue weighted by Crippen LogP contribution is 2.42. The molecule has 3 heteroatoms. The van der Waals surface area contributed by atoms with Gasteiger partial charge in [0, 0.05) is 17.3 Å². The normalized spacial score (nSPS) is 13.9. The molecule has 0 bridgehead atoms. The number of hydrogen-bond acceptors (Lipinski definition) is 2. The van der Waals surface area contributed by atoms with Crippen LogP contribution < -0.4 is 0 Å². The van der Waals surface area contributed by atoms with Gasteiger partial charge >= 0.3 is 0 Å². The SMILES string of the molecule is C=C(OC)c1ccc2cccc(-c3ncc(C4CC4)cc3Cl)c2c1. The van der Waals surface area contributed by atoms with Crippen LogP contribution in [0.2, 0.25) is 5.02 Å². The van der Waals surface area contributed by atoms with E-state index in [2.05, 4.69) is 41.9 Å². The maximum absolute atomic E-state index is 6.56. The zero-order valence-electron chi connectivity index (χ0n) is 13.6. The molecular weight excluding hydrogens is 318 g/mol. The first kappa shape index (κ1) is 15.2. The molecule has 0 radical (unpaired) electrons. The molecule has 0 amide bonds. The van der Waals surface area contributed by atoms with Gasteiger partial charge in [-0.2, -0.15) is 0 Å². The van der Waals surface area contributed by atoms with Gasteiger partial charge in [0.2, 0.25) is 0 Å². The lowest BCUT2D eigenvalue weighted by Gasteiger charge is -2.11. The van der Waals surface area contributed by atoms with Crippen LogP contribution >= 0.6 is 11.6 Å². The number of benzene rings is 2. The molecule has 1 aliphatic carbocycles. The summed E-state index contributed by atoms with van der Waals surface area (Å²) in [5.41, 5.74) is 4.07. The molecule has 2 nitrogen and oxygen atoms in total. The summed E-state index contributed by atoms with van der Waals surface area (Å²) in [5.74, 6) is 1.29. The van der Waals surface area contributed by atoms with E-state index in [1.165, 1.54) is 18.4 Å². The van der Waals surface area contributed by atoms with Crippen molar-refractivity contribution < 1.29 is 4.74 Å². The van der Waals surface area contributed by atoms with Gasteiger partial charge in [-0.1, -0.05) is 48.5 Å². The van der Waals surface area contributed by atoms with E-state index >= 15 is 0 Å². The summed E-state index contributed by atoms with van der Waals surface area (Å²) in [7, 11) is 1.63. The molecule has 1 aromatic heterocycles. The van der Waals surface area contributed by atoms with Crippen LogP contribution in [0, 0.1) is 0 Å². The number of pyridine rings is 1. The molecule has 24 heavy (non-hydrogen) atoms. The fraction of sp³-hybridized carbons (Fsp3) is 0.190. The number of methoxy groups -OCH3 is 1. The maximum atomic E-state index is 6.56. The predicted molar refractivity (Wildman–Crippen MR) is 100 cm³/mol. The smallest absolute Gasteiger partial charge is 0.118 e. The van der Waals surface area contributed by atoms with E-state index in [1.807, 2.05) is 18.3 Å². The molecule has 3 aromatic rings. The van der Waals surface area contributed by atoms with Crippen LogP contribution in [-0.4, -0.2) is 12.1 Å². The Morgan fingerprint density at radius 2 is 2.04 bits per heavy atom. The second kappa shape index (κ2) is 5.95. The second-order valence-corrected chi connectivity index (χ2v) is 6.65. The Balaban J connectivity index is 1.87. The van der Waals surface area contributed by atoms with Crippen LogP contribution in [0.3, 0.4) is 0 Å². The first-order valence-electron chi connectivity index (χ1n) is 8.09. The predicted octanol–water partition coefficient (Wildman–Crippen LogP) is 6.05. The van der Waals surface area contributed by atoms with E-state index in [-0.39, 0.29) is 0 Å². The molecule has 1 saturated carbocycles. The summed E-state index contributed by atoms with van der Waals surface area (Å²) in [5, 5.41) is 2.95. The van der Waals surface area contributed by atoms with Crippen molar-refractivity contribution in [1.82, 2.24) is 4.98 Å². The average Bonchev–Trinajstić information content (AvgIpc) is 3.45. The van der Waals surface area contributed by atoms with Crippen LogP contribution in [0.1, 0.15) is 29.9 Å². The molecular formula is C21H18ClNO. The van der Waals surface area contributed by atoms with Crippen LogP contribution in [0.25, 0.3) is 27.8 Å². The Kier molecular flexibility index (Phi) is 3.78. The van der Waals surface area contributed by atoms with Gasteiger partial charge in [-0.3, -0.25) is 4.98 Å². The lowest BCUT2D eigenvalue weighted by atomic mass is 9.98.